The van der Waals surface area contributed by atoms with Crippen molar-refractivity contribution in [1.29, 1.82) is 0 Å². The summed E-state index contributed by atoms with van der Waals surface area (Å²) in [5.74, 6) is -1.73. The second-order valence-corrected chi connectivity index (χ2v) is 10.2. The molecule has 5 atom stereocenters. The van der Waals surface area contributed by atoms with E-state index in [1.807, 2.05) is 0 Å². The minimum absolute atomic E-state index is 0.0374. The van der Waals surface area contributed by atoms with Gasteiger partial charge in [0.1, 0.15) is 31.0 Å². The Kier molecular flexibility index (Phi) is 13.4. The molecule has 5 N–H and O–H groups in total. The number of hydrogen-bond donors (Lipinski definition) is 5. The molecule has 0 aromatic heterocycles. The fourth-order valence-electron chi connectivity index (χ4n) is 4.20. The predicted octanol–water partition coefficient (Wildman–Crippen LogP) is 1.08. The van der Waals surface area contributed by atoms with Crippen molar-refractivity contribution in [3.63, 3.8) is 0 Å². The molecule has 1 fully saturated rings. The monoisotopic (exact) mass is 644 g/mol. The summed E-state index contributed by atoms with van der Waals surface area (Å²) in [7, 11) is 2.77. The highest BCUT2D eigenvalue weighted by molar-refractivity contribution is 6.10. The van der Waals surface area contributed by atoms with Gasteiger partial charge < -0.3 is 49.2 Å². The molecule has 1 heterocycles. The average Bonchev–Trinajstić information content (AvgIpc) is 3.03. The first-order valence-electron chi connectivity index (χ1n) is 14.1. The van der Waals surface area contributed by atoms with Crippen LogP contribution in [0.15, 0.2) is 48.6 Å². The summed E-state index contributed by atoms with van der Waals surface area (Å²) in [5.41, 5.74) is 1.14. The number of ether oxygens (including phenoxy) is 5. The van der Waals surface area contributed by atoms with Crippen LogP contribution in [0.25, 0.3) is 12.2 Å². The van der Waals surface area contributed by atoms with Crippen molar-refractivity contribution < 1.29 is 68.4 Å². The number of aliphatic hydroxyl groups excluding tert-OH is 4. The Labute approximate surface area is 264 Å². The van der Waals surface area contributed by atoms with E-state index in [2.05, 4.69) is 0 Å². The summed E-state index contributed by atoms with van der Waals surface area (Å²) >= 11 is 0. The molecule has 14 nitrogen and oxygen atoms in total. The number of aliphatic hydroxyl groups is 4. The third-order valence-electron chi connectivity index (χ3n) is 6.74. The molecule has 0 radical (unpaired) electrons. The number of ketones is 2. The third kappa shape index (κ3) is 10.5. The lowest BCUT2D eigenvalue weighted by atomic mass is 9.99. The number of esters is 2. The third-order valence-corrected chi connectivity index (χ3v) is 6.74. The van der Waals surface area contributed by atoms with E-state index in [-0.39, 0.29) is 48.7 Å². The van der Waals surface area contributed by atoms with E-state index in [1.54, 1.807) is 18.2 Å². The van der Waals surface area contributed by atoms with Crippen molar-refractivity contribution in [2.75, 3.05) is 20.8 Å². The topological polar surface area (TPSA) is 216 Å². The van der Waals surface area contributed by atoms with Crippen LogP contribution < -0.4 is 14.2 Å². The van der Waals surface area contributed by atoms with Crippen LogP contribution in [0.2, 0.25) is 0 Å². The summed E-state index contributed by atoms with van der Waals surface area (Å²) < 4.78 is 25.5. The number of phenolic OH excluding ortho intramolecular Hbond substituents is 1. The van der Waals surface area contributed by atoms with Gasteiger partial charge in [-0.05, 0) is 54.0 Å². The lowest BCUT2D eigenvalue weighted by Crippen LogP contribution is -2.58. The van der Waals surface area contributed by atoms with Crippen molar-refractivity contribution in [2.24, 2.45) is 0 Å². The smallest absolute Gasteiger partial charge is 0.311 e. The van der Waals surface area contributed by atoms with Crippen LogP contribution in [0, 0.1) is 0 Å². The predicted molar refractivity (Wildman–Crippen MR) is 160 cm³/mol. The molecule has 0 amide bonds. The zero-order valence-corrected chi connectivity index (χ0v) is 25.1. The molecule has 1 aliphatic rings. The van der Waals surface area contributed by atoms with E-state index in [0.29, 0.717) is 11.1 Å². The summed E-state index contributed by atoms with van der Waals surface area (Å²) in [6, 6.07) is 9.12. The number of rotatable bonds is 15. The number of benzene rings is 2. The molecule has 2 aromatic carbocycles. The fraction of sp³-hybridized carbons (Fsp3) is 0.375. The maximum Gasteiger partial charge on any atom is 0.311 e. The van der Waals surface area contributed by atoms with Crippen molar-refractivity contribution in [2.45, 2.75) is 56.4 Å². The molecule has 0 spiro atoms. The summed E-state index contributed by atoms with van der Waals surface area (Å²) in [6.07, 6.45) is -3.12. The summed E-state index contributed by atoms with van der Waals surface area (Å²) in [6.45, 7) is -0.487. The van der Waals surface area contributed by atoms with E-state index in [9.17, 15) is 44.7 Å². The van der Waals surface area contributed by atoms with Gasteiger partial charge in [0.15, 0.2) is 40.9 Å². The van der Waals surface area contributed by atoms with Crippen LogP contribution in [-0.2, 0) is 28.7 Å². The van der Waals surface area contributed by atoms with Crippen LogP contribution in [0.5, 0.6) is 23.0 Å². The molecule has 248 valence electrons. The van der Waals surface area contributed by atoms with Crippen molar-refractivity contribution in [3.05, 3.63) is 59.7 Å². The van der Waals surface area contributed by atoms with Gasteiger partial charge in [0, 0.05) is 12.8 Å². The second kappa shape index (κ2) is 17.2. The Morgan fingerprint density at radius 3 is 1.98 bits per heavy atom. The molecule has 5 unspecified atom stereocenters. The van der Waals surface area contributed by atoms with Gasteiger partial charge in [0.05, 0.1) is 20.6 Å². The zero-order valence-electron chi connectivity index (χ0n) is 25.1. The Bertz CT molecular complexity index is 1450. The Morgan fingerprint density at radius 2 is 1.35 bits per heavy atom. The molecule has 2 aromatic rings. The van der Waals surface area contributed by atoms with E-state index in [0.717, 1.165) is 0 Å². The summed E-state index contributed by atoms with van der Waals surface area (Å²) in [4.78, 5) is 48.9. The maximum atomic E-state index is 12.3. The molecule has 0 saturated carbocycles. The second-order valence-electron chi connectivity index (χ2n) is 10.2. The first kappa shape index (κ1) is 35.9. The zero-order chi connectivity index (χ0) is 33.8. The fourth-order valence-corrected chi connectivity index (χ4v) is 4.20. The van der Waals surface area contributed by atoms with Gasteiger partial charge in [0.2, 0.25) is 0 Å². The van der Waals surface area contributed by atoms with Gasteiger partial charge in [-0.25, -0.2) is 0 Å². The van der Waals surface area contributed by atoms with Gasteiger partial charge in [-0.3, -0.25) is 19.2 Å². The van der Waals surface area contributed by atoms with Crippen molar-refractivity contribution in [1.82, 2.24) is 0 Å². The van der Waals surface area contributed by atoms with Crippen LogP contribution in [0.1, 0.15) is 36.8 Å². The van der Waals surface area contributed by atoms with E-state index in [1.165, 1.54) is 56.7 Å². The van der Waals surface area contributed by atoms with Gasteiger partial charge in [-0.2, -0.15) is 0 Å². The van der Waals surface area contributed by atoms with Gasteiger partial charge in [-0.15, -0.1) is 0 Å². The van der Waals surface area contributed by atoms with Crippen LogP contribution in [0.3, 0.4) is 0 Å². The van der Waals surface area contributed by atoms with Crippen LogP contribution in [-0.4, -0.2) is 101 Å². The Morgan fingerprint density at radius 1 is 0.761 bits per heavy atom. The number of carbonyl (C=O) groups is 4. The molecule has 0 bridgehead atoms. The normalized spacial score (nSPS) is 21.2. The highest BCUT2D eigenvalue weighted by Gasteiger charge is 2.43. The van der Waals surface area contributed by atoms with E-state index < -0.39 is 60.8 Å². The minimum Gasteiger partial charge on any atom is -0.504 e. The number of carbonyl (C=O) groups excluding carboxylic acids is 4. The maximum absolute atomic E-state index is 12.3. The standard InChI is InChI=1S/C32H36O14/c1-42-24-14-18(8-12-22(24)35)6-10-20(33)16-21(34)11-7-19-9-13-23(25(15-19)43-2)45-28(37)5-3-4-27(36)44-17-26-29(38)30(39)31(40)32(41)46-26/h6-15,26,29-32,35,38-41H,3-5,16-17H2,1-2H3. The molecule has 1 aliphatic heterocycles. The lowest BCUT2D eigenvalue weighted by Gasteiger charge is -2.37. The van der Waals surface area contributed by atoms with Crippen LogP contribution in [0.4, 0.5) is 0 Å². The van der Waals surface area contributed by atoms with Gasteiger partial charge in [-0.1, -0.05) is 24.3 Å². The Balaban J connectivity index is 1.43. The molecule has 3 rings (SSSR count). The quantitative estimate of drug-likeness (QED) is 0.0794. The first-order chi connectivity index (χ1) is 21.9. The number of methoxy groups -OCH3 is 2. The SMILES string of the molecule is COc1cc(C=CC(=O)CC(=O)C=Cc2ccc(OC(=O)CCCC(=O)OCC3OC(O)C(O)C(O)C3O)c(OC)c2)ccc1O. The highest BCUT2D eigenvalue weighted by atomic mass is 16.7. The van der Waals surface area contributed by atoms with E-state index in [4.69, 9.17) is 23.7 Å². The molecule has 46 heavy (non-hydrogen) atoms. The minimum atomic E-state index is -1.75. The molecular weight excluding hydrogens is 608 g/mol. The first-order valence-corrected chi connectivity index (χ1v) is 14.1. The van der Waals surface area contributed by atoms with Crippen molar-refractivity contribution in [3.8, 4) is 23.0 Å². The van der Waals surface area contributed by atoms with Gasteiger partial charge >= 0.3 is 11.9 Å². The largest absolute Gasteiger partial charge is 0.504 e. The average molecular weight is 645 g/mol. The number of phenols is 1. The highest BCUT2D eigenvalue weighted by Crippen LogP contribution is 2.29. The van der Waals surface area contributed by atoms with Crippen molar-refractivity contribution >= 4 is 35.7 Å². The lowest BCUT2D eigenvalue weighted by molar-refractivity contribution is -0.287. The van der Waals surface area contributed by atoms with Crippen LogP contribution >= 0.6 is 0 Å². The number of aromatic hydroxyl groups is 1. The molecule has 0 aliphatic carbocycles. The molecule has 1 saturated heterocycles. The molecular formula is C32H36O14. The Hall–Kier alpha value is -4.60. The molecule has 14 heteroatoms. The number of hydrogen-bond acceptors (Lipinski definition) is 14. The summed E-state index contributed by atoms with van der Waals surface area (Å²) in [5, 5.41) is 48.3. The van der Waals surface area contributed by atoms with E-state index >= 15 is 0 Å². The number of allylic oxidation sites excluding steroid dienone is 2. The van der Waals surface area contributed by atoms with Gasteiger partial charge in [0.25, 0.3) is 0 Å².